The van der Waals surface area contributed by atoms with Crippen LogP contribution in [0.2, 0.25) is 0 Å². The largest absolute Gasteiger partial charge is 0.239 e. The van der Waals surface area contributed by atoms with E-state index >= 15 is 0 Å². The maximum absolute atomic E-state index is 10.8. The lowest BCUT2D eigenvalue weighted by atomic mass is 10.4. The molecule has 1 rings (SSSR count). The predicted molar refractivity (Wildman–Crippen MR) is 44.4 cm³/mol. The molecule has 0 spiro atoms. The van der Waals surface area contributed by atoms with Crippen LogP contribution in [-0.2, 0) is 10.0 Å². The maximum Gasteiger partial charge on any atom is 0.239 e. The third kappa shape index (κ3) is 2.02. The molecule has 0 bridgehead atoms. The number of halogens is 1. The molecule has 0 aliphatic carbocycles. The standard InChI is InChI=1S/C6H5BrNO2S/c7-5-3-1-2-4-6(5)11(8,9)10/h1,3-4H,(H2,8,9,10). The second-order valence-corrected chi connectivity index (χ2v) is 4.29. The van der Waals surface area contributed by atoms with Crippen LogP contribution in [0.4, 0.5) is 0 Å². The van der Waals surface area contributed by atoms with Gasteiger partial charge in [-0.05, 0) is 34.1 Å². The summed E-state index contributed by atoms with van der Waals surface area (Å²) in [5, 5.41) is 4.88. The van der Waals surface area contributed by atoms with E-state index in [2.05, 4.69) is 22.0 Å². The first-order valence-corrected chi connectivity index (χ1v) is 5.04. The molecule has 0 unspecified atom stereocenters. The Hall–Kier alpha value is -0.390. The normalized spacial score (nSPS) is 11.5. The summed E-state index contributed by atoms with van der Waals surface area (Å²) < 4.78 is 22.0. The maximum atomic E-state index is 10.8. The summed E-state index contributed by atoms with van der Waals surface area (Å²) >= 11 is 3.05. The zero-order valence-electron chi connectivity index (χ0n) is 5.41. The molecule has 5 heteroatoms. The topological polar surface area (TPSA) is 60.2 Å². The second kappa shape index (κ2) is 2.92. The third-order valence-corrected chi connectivity index (χ3v) is 2.99. The van der Waals surface area contributed by atoms with E-state index in [4.69, 9.17) is 5.14 Å². The molecule has 59 valence electrons. The molecule has 1 radical (unpaired) electrons. The van der Waals surface area contributed by atoms with Crippen molar-refractivity contribution in [2.24, 2.45) is 5.14 Å². The van der Waals surface area contributed by atoms with Crippen LogP contribution in [0, 0.1) is 6.07 Å². The Bertz CT molecular complexity index is 361. The first-order chi connectivity index (χ1) is 5.02. The minimum absolute atomic E-state index is 0.0556. The number of hydrogen-bond acceptors (Lipinski definition) is 2. The fourth-order valence-corrected chi connectivity index (χ4v) is 2.11. The van der Waals surface area contributed by atoms with E-state index in [9.17, 15) is 8.42 Å². The Kier molecular flexibility index (Phi) is 2.31. The van der Waals surface area contributed by atoms with Gasteiger partial charge in [0.1, 0.15) is 0 Å². The fraction of sp³-hybridized carbons (Fsp3) is 0. The first-order valence-electron chi connectivity index (χ1n) is 2.70. The minimum atomic E-state index is -3.61. The summed E-state index contributed by atoms with van der Waals surface area (Å²) in [4.78, 5) is 0.0556. The molecule has 0 amide bonds. The highest BCUT2D eigenvalue weighted by Gasteiger charge is 2.10. The summed E-state index contributed by atoms with van der Waals surface area (Å²) in [6, 6.07) is 7.10. The number of hydrogen-bond donors (Lipinski definition) is 1. The monoisotopic (exact) mass is 234 g/mol. The Balaban J connectivity index is 3.37. The molecule has 0 aromatic heterocycles. The zero-order chi connectivity index (χ0) is 8.48. The van der Waals surface area contributed by atoms with Crippen LogP contribution >= 0.6 is 15.9 Å². The quantitative estimate of drug-likeness (QED) is 0.785. The van der Waals surface area contributed by atoms with Gasteiger partial charge in [-0.3, -0.25) is 0 Å². The molecule has 0 fully saturated rings. The van der Waals surface area contributed by atoms with Crippen LogP contribution in [0.15, 0.2) is 27.6 Å². The number of nitrogens with two attached hydrogens (primary N) is 1. The van der Waals surface area contributed by atoms with Crippen LogP contribution in [0.5, 0.6) is 0 Å². The van der Waals surface area contributed by atoms with Gasteiger partial charge in [-0.25, -0.2) is 13.6 Å². The van der Waals surface area contributed by atoms with Crippen LogP contribution in [-0.4, -0.2) is 8.42 Å². The minimum Gasteiger partial charge on any atom is -0.225 e. The number of sulfonamides is 1. The smallest absolute Gasteiger partial charge is 0.225 e. The van der Waals surface area contributed by atoms with E-state index in [0.717, 1.165) is 0 Å². The van der Waals surface area contributed by atoms with E-state index in [1.54, 1.807) is 12.1 Å². The molecule has 3 nitrogen and oxygen atoms in total. The summed E-state index contributed by atoms with van der Waals surface area (Å²) in [6.07, 6.45) is 0. The molecule has 1 aromatic rings. The van der Waals surface area contributed by atoms with Gasteiger partial charge in [0.25, 0.3) is 0 Å². The van der Waals surface area contributed by atoms with Gasteiger partial charge >= 0.3 is 0 Å². The van der Waals surface area contributed by atoms with Crippen molar-refractivity contribution in [3.05, 3.63) is 28.7 Å². The van der Waals surface area contributed by atoms with Gasteiger partial charge in [0.2, 0.25) is 10.0 Å². The predicted octanol–water partition coefficient (Wildman–Crippen LogP) is 0.897. The molecule has 0 saturated carbocycles. The summed E-state index contributed by atoms with van der Waals surface area (Å²) in [7, 11) is -3.61. The van der Waals surface area contributed by atoms with Crippen molar-refractivity contribution in [2.75, 3.05) is 0 Å². The highest BCUT2D eigenvalue weighted by Crippen LogP contribution is 2.18. The summed E-state index contributed by atoms with van der Waals surface area (Å²) in [5.41, 5.74) is 0. The van der Waals surface area contributed by atoms with Crippen molar-refractivity contribution in [1.82, 2.24) is 0 Å². The lowest BCUT2D eigenvalue weighted by molar-refractivity contribution is 0.597. The van der Waals surface area contributed by atoms with Gasteiger partial charge in [0, 0.05) is 4.47 Å². The van der Waals surface area contributed by atoms with Gasteiger partial charge in [-0.15, -0.1) is 0 Å². The van der Waals surface area contributed by atoms with Crippen molar-refractivity contribution >= 4 is 26.0 Å². The van der Waals surface area contributed by atoms with E-state index in [1.165, 1.54) is 6.07 Å². The molecule has 0 aliphatic heterocycles. The first kappa shape index (κ1) is 8.70. The van der Waals surface area contributed by atoms with Gasteiger partial charge in [-0.1, -0.05) is 6.07 Å². The Morgan fingerprint density at radius 2 is 2.18 bits per heavy atom. The van der Waals surface area contributed by atoms with E-state index < -0.39 is 10.0 Å². The molecule has 1 aromatic carbocycles. The van der Waals surface area contributed by atoms with Gasteiger partial charge < -0.3 is 0 Å². The van der Waals surface area contributed by atoms with E-state index in [1.807, 2.05) is 0 Å². The average Bonchev–Trinajstić information content (AvgIpc) is 1.86. The highest BCUT2D eigenvalue weighted by molar-refractivity contribution is 9.10. The van der Waals surface area contributed by atoms with Gasteiger partial charge in [-0.2, -0.15) is 0 Å². The van der Waals surface area contributed by atoms with Crippen LogP contribution < -0.4 is 5.14 Å². The Labute approximate surface area is 73.4 Å². The lowest BCUT2D eigenvalue weighted by Gasteiger charge is -1.98. The molecule has 0 saturated heterocycles. The van der Waals surface area contributed by atoms with E-state index in [-0.39, 0.29) is 4.90 Å². The van der Waals surface area contributed by atoms with Crippen molar-refractivity contribution in [3.63, 3.8) is 0 Å². The van der Waals surface area contributed by atoms with Crippen LogP contribution in [0.25, 0.3) is 0 Å². The second-order valence-electron chi connectivity index (χ2n) is 1.90. The molecule has 11 heavy (non-hydrogen) atoms. The van der Waals surface area contributed by atoms with Crippen LogP contribution in [0.3, 0.4) is 0 Å². The molecular formula is C6H5BrNO2S. The average molecular weight is 235 g/mol. The molecular weight excluding hydrogens is 230 g/mol. The van der Waals surface area contributed by atoms with Crippen molar-refractivity contribution in [1.29, 1.82) is 0 Å². The molecule has 0 atom stereocenters. The lowest BCUT2D eigenvalue weighted by Crippen LogP contribution is -2.12. The van der Waals surface area contributed by atoms with E-state index in [0.29, 0.717) is 4.47 Å². The fourth-order valence-electron chi connectivity index (χ4n) is 0.614. The van der Waals surface area contributed by atoms with Crippen molar-refractivity contribution < 1.29 is 8.42 Å². The third-order valence-electron chi connectivity index (χ3n) is 1.08. The molecule has 0 heterocycles. The summed E-state index contributed by atoms with van der Waals surface area (Å²) in [5.74, 6) is 0. The highest BCUT2D eigenvalue weighted by atomic mass is 79.9. The number of rotatable bonds is 1. The number of benzene rings is 1. The molecule has 0 aliphatic rings. The van der Waals surface area contributed by atoms with Crippen molar-refractivity contribution in [2.45, 2.75) is 4.90 Å². The Morgan fingerprint density at radius 3 is 2.55 bits per heavy atom. The Morgan fingerprint density at radius 1 is 1.55 bits per heavy atom. The SMILES string of the molecule is NS(=O)(=O)c1c[c]ccc1Br. The zero-order valence-corrected chi connectivity index (χ0v) is 7.81. The number of primary sulfonamides is 1. The summed E-state index contributed by atoms with van der Waals surface area (Å²) in [6.45, 7) is 0. The molecule has 2 N–H and O–H groups in total. The van der Waals surface area contributed by atoms with Gasteiger partial charge in [0.15, 0.2) is 0 Å². The van der Waals surface area contributed by atoms with Crippen molar-refractivity contribution in [3.8, 4) is 0 Å². The van der Waals surface area contributed by atoms with Gasteiger partial charge in [0.05, 0.1) is 4.90 Å². The van der Waals surface area contributed by atoms with Crippen LogP contribution in [0.1, 0.15) is 0 Å².